The van der Waals surface area contributed by atoms with Crippen LogP contribution in [0.15, 0.2) is 11.6 Å². The van der Waals surface area contributed by atoms with Gasteiger partial charge in [-0.3, -0.25) is 0 Å². The lowest BCUT2D eigenvalue weighted by Gasteiger charge is -2.27. The lowest BCUT2D eigenvalue weighted by Crippen LogP contribution is -2.35. The number of hydrogen-bond donors (Lipinski definition) is 1. The fourth-order valence-electron chi connectivity index (χ4n) is 1.45. The summed E-state index contributed by atoms with van der Waals surface area (Å²) in [4.78, 5) is 0. The van der Waals surface area contributed by atoms with Gasteiger partial charge in [0, 0.05) is 0 Å². The first-order valence-corrected chi connectivity index (χ1v) is 3.97. The van der Waals surface area contributed by atoms with E-state index < -0.39 is 24.9 Å². The number of aliphatic hydroxyl groups excluding tert-OH is 1. The third-order valence-electron chi connectivity index (χ3n) is 2.19. The molecule has 0 saturated heterocycles. The molecule has 0 aromatic rings. The molecule has 0 fully saturated rings. The largest absolute Gasteiger partial charge is 0.394 e. The van der Waals surface area contributed by atoms with Gasteiger partial charge in [0.05, 0.1) is 12.5 Å². The van der Waals surface area contributed by atoms with Gasteiger partial charge in [0.1, 0.15) is 6.17 Å². The molecular formula is C8H10F4O. The van der Waals surface area contributed by atoms with Gasteiger partial charge in [0.15, 0.2) is 0 Å². The SMILES string of the molecule is OCC1=CCC[C@H](C(F)(F)F)C1F. The molecule has 0 aliphatic heterocycles. The van der Waals surface area contributed by atoms with Crippen LogP contribution in [0.25, 0.3) is 0 Å². The van der Waals surface area contributed by atoms with Crippen molar-refractivity contribution >= 4 is 0 Å². The Balaban J connectivity index is 2.77. The molecule has 0 saturated carbocycles. The molecule has 0 heterocycles. The summed E-state index contributed by atoms with van der Waals surface area (Å²) in [5.74, 6) is -1.94. The number of rotatable bonds is 1. The van der Waals surface area contributed by atoms with Gasteiger partial charge < -0.3 is 5.11 Å². The molecule has 2 atom stereocenters. The van der Waals surface area contributed by atoms with Gasteiger partial charge in [-0.05, 0) is 18.4 Å². The lowest BCUT2D eigenvalue weighted by molar-refractivity contribution is -0.190. The summed E-state index contributed by atoms with van der Waals surface area (Å²) in [6, 6.07) is 0. The van der Waals surface area contributed by atoms with Gasteiger partial charge in [0.25, 0.3) is 0 Å². The van der Waals surface area contributed by atoms with Crippen molar-refractivity contribution in [1.82, 2.24) is 0 Å². The second-order valence-electron chi connectivity index (χ2n) is 3.06. The summed E-state index contributed by atoms with van der Waals surface area (Å²) in [5.41, 5.74) is -0.145. The van der Waals surface area contributed by atoms with Crippen molar-refractivity contribution in [1.29, 1.82) is 0 Å². The Bertz CT molecular complexity index is 209. The monoisotopic (exact) mass is 198 g/mol. The highest BCUT2D eigenvalue weighted by Crippen LogP contribution is 2.39. The van der Waals surface area contributed by atoms with Crippen molar-refractivity contribution in [2.45, 2.75) is 25.2 Å². The van der Waals surface area contributed by atoms with Crippen molar-refractivity contribution in [2.24, 2.45) is 5.92 Å². The third kappa shape index (κ3) is 2.21. The van der Waals surface area contributed by atoms with Crippen LogP contribution in [0.4, 0.5) is 17.6 Å². The van der Waals surface area contributed by atoms with Crippen molar-refractivity contribution in [3.05, 3.63) is 11.6 Å². The smallest absolute Gasteiger partial charge is 0.392 e. The van der Waals surface area contributed by atoms with Crippen LogP contribution in [-0.4, -0.2) is 24.1 Å². The number of halogens is 4. The first-order valence-electron chi connectivity index (χ1n) is 3.97. The average molecular weight is 198 g/mol. The van der Waals surface area contributed by atoms with Gasteiger partial charge in [-0.15, -0.1) is 0 Å². The number of allylic oxidation sites excluding steroid dienone is 1. The molecule has 0 bridgehead atoms. The summed E-state index contributed by atoms with van der Waals surface area (Å²) in [7, 11) is 0. The van der Waals surface area contributed by atoms with E-state index in [1.165, 1.54) is 6.08 Å². The van der Waals surface area contributed by atoms with E-state index in [2.05, 4.69) is 0 Å². The van der Waals surface area contributed by atoms with Crippen molar-refractivity contribution in [2.75, 3.05) is 6.61 Å². The molecule has 1 nitrogen and oxygen atoms in total. The minimum absolute atomic E-state index is 0.145. The zero-order chi connectivity index (χ0) is 10.1. The molecule has 1 rings (SSSR count). The van der Waals surface area contributed by atoms with E-state index in [4.69, 9.17) is 5.11 Å². The molecule has 5 heteroatoms. The Morgan fingerprint density at radius 2 is 2.08 bits per heavy atom. The highest BCUT2D eigenvalue weighted by molar-refractivity contribution is 5.14. The van der Waals surface area contributed by atoms with Crippen molar-refractivity contribution < 1.29 is 22.7 Å². The minimum atomic E-state index is -4.51. The summed E-state index contributed by atoms with van der Waals surface area (Å²) in [6.45, 7) is -0.631. The molecule has 0 amide bonds. The quantitative estimate of drug-likeness (QED) is 0.506. The average Bonchev–Trinajstić information content (AvgIpc) is 2.02. The Labute approximate surface area is 73.1 Å². The molecule has 0 radical (unpaired) electrons. The predicted octanol–water partition coefficient (Wildman–Crippen LogP) is 2.22. The standard InChI is InChI=1S/C8H10F4O/c9-7-5(4-13)2-1-3-6(7)8(10,11)12/h2,6-7,13H,1,3-4H2/t6-,7?/m0/s1. The number of alkyl halides is 4. The van der Waals surface area contributed by atoms with E-state index in [1.54, 1.807) is 0 Å². The number of hydrogen-bond acceptors (Lipinski definition) is 1. The summed E-state index contributed by atoms with van der Waals surface area (Å²) in [5, 5.41) is 8.57. The fraction of sp³-hybridized carbons (Fsp3) is 0.750. The van der Waals surface area contributed by atoms with Gasteiger partial charge in [-0.2, -0.15) is 13.2 Å². The van der Waals surface area contributed by atoms with E-state index in [0.717, 1.165) is 0 Å². The van der Waals surface area contributed by atoms with Gasteiger partial charge in [0.2, 0.25) is 0 Å². The summed E-state index contributed by atoms with van der Waals surface area (Å²) < 4.78 is 49.5. The van der Waals surface area contributed by atoms with Crippen LogP contribution < -0.4 is 0 Å². The van der Waals surface area contributed by atoms with Crippen LogP contribution in [0, 0.1) is 5.92 Å². The van der Waals surface area contributed by atoms with Crippen molar-refractivity contribution in [3.8, 4) is 0 Å². The molecule has 1 aliphatic rings. The zero-order valence-electron chi connectivity index (χ0n) is 6.81. The molecule has 1 aliphatic carbocycles. The van der Waals surface area contributed by atoms with Gasteiger partial charge in [-0.1, -0.05) is 6.08 Å². The van der Waals surface area contributed by atoms with E-state index in [1.807, 2.05) is 0 Å². The maximum Gasteiger partial charge on any atom is 0.394 e. The second kappa shape index (κ2) is 3.65. The zero-order valence-corrected chi connectivity index (χ0v) is 6.81. The first kappa shape index (κ1) is 10.5. The molecular weight excluding hydrogens is 188 g/mol. The van der Waals surface area contributed by atoms with Crippen LogP contribution in [0.3, 0.4) is 0 Å². The molecule has 0 aromatic carbocycles. The maximum atomic E-state index is 13.1. The van der Waals surface area contributed by atoms with Gasteiger partial charge >= 0.3 is 6.18 Å². The Kier molecular flexibility index (Phi) is 2.95. The molecule has 1 unspecified atom stereocenters. The predicted molar refractivity (Wildman–Crippen MR) is 38.8 cm³/mol. The maximum absolute atomic E-state index is 13.1. The second-order valence-corrected chi connectivity index (χ2v) is 3.06. The Morgan fingerprint density at radius 1 is 1.46 bits per heavy atom. The highest BCUT2D eigenvalue weighted by atomic mass is 19.4. The van der Waals surface area contributed by atoms with Crippen LogP contribution in [0.2, 0.25) is 0 Å². The number of aliphatic hydroxyl groups is 1. The molecule has 0 spiro atoms. The van der Waals surface area contributed by atoms with E-state index >= 15 is 0 Å². The van der Waals surface area contributed by atoms with E-state index in [-0.39, 0.29) is 18.4 Å². The van der Waals surface area contributed by atoms with E-state index in [9.17, 15) is 17.6 Å². The Hall–Kier alpha value is -0.580. The Morgan fingerprint density at radius 3 is 2.54 bits per heavy atom. The van der Waals surface area contributed by atoms with Crippen LogP contribution in [0.1, 0.15) is 12.8 Å². The highest BCUT2D eigenvalue weighted by Gasteiger charge is 2.46. The fourth-order valence-corrected chi connectivity index (χ4v) is 1.45. The summed E-state index contributed by atoms with van der Waals surface area (Å²) >= 11 is 0. The minimum Gasteiger partial charge on any atom is -0.392 e. The topological polar surface area (TPSA) is 20.2 Å². The van der Waals surface area contributed by atoms with Crippen LogP contribution >= 0.6 is 0 Å². The molecule has 13 heavy (non-hydrogen) atoms. The van der Waals surface area contributed by atoms with Crippen molar-refractivity contribution in [3.63, 3.8) is 0 Å². The van der Waals surface area contributed by atoms with Crippen LogP contribution in [0.5, 0.6) is 0 Å². The molecule has 1 N–H and O–H groups in total. The first-order chi connectivity index (χ1) is 5.96. The third-order valence-corrected chi connectivity index (χ3v) is 2.19. The normalized spacial score (nSPS) is 30.1. The van der Waals surface area contributed by atoms with Gasteiger partial charge in [-0.25, -0.2) is 4.39 Å². The molecule has 76 valence electrons. The van der Waals surface area contributed by atoms with Crippen LogP contribution in [-0.2, 0) is 0 Å². The molecule has 0 aromatic heterocycles. The summed E-state index contributed by atoms with van der Waals surface area (Å²) in [6.07, 6.45) is -5.28. The lowest BCUT2D eigenvalue weighted by atomic mass is 9.87. The van der Waals surface area contributed by atoms with E-state index in [0.29, 0.717) is 0 Å².